The SMILES string of the molecule is C[C@@H]1CC[C@@H](C(=O)NCCc2nnc3n2CCCC3)O1. The third-order valence-electron chi connectivity index (χ3n) is 4.11. The zero-order chi connectivity index (χ0) is 13.9. The van der Waals surface area contributed by atoms with Gasteiger partial charge in [-0.05, 0) is 32.6 Å². The van der Waals surface area contributed by atoms with Gasteiger partial charge < -0.3 is 14.6 Å². The highest BCUT2D eigenvalue weighted by Gasteiger charge is 2.27. The standard InChI is InChI=1S/C14H22N4O2/c1-10-5-6-11(20-10)14(19)15-8-7-13-17-16-12-4-2-3-9-18(12)13/h10-11H,2-9H2,1H3,(H,15,19)/t10-,11+/m1/s1. The number of aryl methyl sites for hydroxylation is 1. The maximum atomic E-state index is 11.9. The lowest BCUT2D eigenvalue weighted by molar-refractivity contribution is -0.131. The van der Waals surface area contributed by atoms with Gasteiger partial charge in [-0.2, -0.15) is 0 Å². The highest BCUT2D eigenvalue weighted by atomic mass is 16.5. The van der Waals surface area contributed by atoms with Gasteiger partial charge in [0.05, 0.1) is 6.10 Å². The monoisotopic (exact) mass is 278 g/mol. The lowest BCUT2D eigenvalue weighted by Gasteiger charge is -2.15. The first-order valence-electron chi connectivity index (χ1n) is 7.58. The van der Waals surface area contributed by atoms with E-state index in [-0.39, 0.29) is 18.1 Å². The van der Waals surface area contributed by atoms with Crippen molar-refractivity contribution in [1.82, 2.24) is 20.1 Å². The van der Waals surface area contributed by atoms with Gasteiger partial charge in [0.1, 0.15) is 17.8 Å². The number of hydrogen-bond donors (Lipinski definition) is 1. The fourth-order valence-corrected chi connectivity index (χ4v) is 2.96. The lowest BCUT2D eigenvalue weighted by Crippen LogP contribution is -2.36. The van der Waals surface area contributed by atoms with Crippen molar-refractivity contribution in [2.75, 3.05) is 6.54 Å². The van der Waals surface area contributed by atoms with Crippen LogP contribution in [0.15, 0.2) is 0 Å². The van der Waals surface area contributed by atoms with Crippen molar-refractivity contribution in [3.63, 3.8) is 0 Å². The van der Waals surface area contributed by atoms with Crippen molar-refractivity contribution in [2.24, 2.45) is 0 Å². The number of carbonyl (C=O) groups excluding carboxylic acids is 1. The Labute approximate surface area is 118 Å². The first-order valence-corrected chi connectivity index (χ1v) is 7.58. The molecule has 1 fully saturated rings. The van der Waals surface area contributed by atoms with Crippen molar-refractivity contribution in [1.29, 1.82) is 0 Å². The Morgan fingerprint density at radius 1 is 1.40 bits per heavy atom. The van der Waals surface area contributed by atoms with Crippen LogP contribution in [0.2, 0.25) is 0 Å². The summed E-state index contributed by atoms with van der Waals surface area (Å²) in [5.41, 5.74) is 0. The van der Waals surface area contributed by atoms with Crippen LogP contribution in [0.1, 0.15) is 44.3 Å². The van der Waals surface area contributed by atoms with E-state index in [1.54, 1.807) is 0 Å². The van der Waals surface area contributed by atoms with E-state index in [0.717, 1.165) is 43.9 Å². The summed E-state index contributed by atoms with van der Waals surface area (Å²) in [6.45, 7) is 3.62. The average Bonchev–Trinajstić information content (AvgIpc) is 3.06. The molecule has 6 heteroatoms. The van der Waals surface area contributed by atoms with Crippen LogP contribution in [-0.2, 0) is 28.9 Å². The molecule has 1 N–H and O–H groups in total. The molecule has 1 saturated heterocycles. The predicted octanol–water partition coefficient (Wildman–Crippen LogP) is 0.841. The summed E-state index contributed by atoms with van der Waals surface area (Å²) < 4.78 is 7.75. The Kier molecular flexibility index (Phi) is 4.00. The van der Waals surface area contributed by atoms with E-state index in [0.29, 0.717) is 6.54 Å². The highest BCUT2D eigenvalue weighted by molar-refractivity contribution is 5.80. The number of carbonyl (C=O) groups is 1. The van der Waals surface area contributed by atoms with Crippen molar-refractivity contribution in [3.8, 4) is 0 Å². The Balaban J connectivity index is 1.48. The molecule has 110 valence electrons. The van der Waals surface area contributed by atoms with Crippen LogP contribution in [0.25, 0.3) is 0 Å². The fourth-order valence-electron chi connectivity index (χ4n) is 2.96. The predicted molar refractivity (Wildman–Crippen MR) is 73.2 cm³/mol. The number of nitrogens with zero attached hydrogens (tertiary/aromatic N) is 3. The molecule has 2 atom stereocenters. The first-order chi connectivity index (χ1) is 9.74. The zero-order valence-corrected chi connectivity index (χ0v) is 12.0. The Morgan fingerprint density at radius 2 is 2.30 bits per heavy atom. The molecule has 0 radical (unpaired) electrons. The maximum absolute atomic E-state index is 11.9. The number of rotatable bonds is 4. The summed E-state index contributed by atoms with van der Waals surface area (Å²) in [5.74, 6) is 2.08. The van der Waals surface area contributed by atoms with Crippen molar-refractivity contribution >= 4 is 5.91 Å². The van der Waals surface area contributed by atoms with Gasteiger partial charge in [0.15, 0.2) is 0 Å². The summed E-state index contributed by atoms with van der Waals surface area (Å²) in [7, 11) is 0. The molecule has 2 aliphatic rings. The third kappa shape index (κ3) is 2.85. The van der Waals surface area contributed by atoms with E-state index < -0.39 is 0 Å². The second-order valence-electron chi connectivity index (χ2n) is 5.69. The van der Waals surface area contributed by atoms with E-state index in [4.69, 9.17) is 4.74 Å². The van der Waals surface area contributed by atoms with E-state index in [2.05, 4.69) is 20.1 Å². The number of fused-ring (bicyclic) bond motifs is 1. The van der Waals surface area contributed by atoms with E-state index >= 15 is 0 Å². The summed E-state index contributed by atoms with van der Waals surface area (Å²) >= 11 is 0. The quantitative estimate of drug-likeness (QED) is 0.886. The van der Waals surface area contributed by atoms with Gasteiger partial charge in [0.25, 0.3) is 0 Å². The van der Waals surface area contributed by atoms with E-state index in [1.165, 1.54) is 12.8 Å². The number of amides is 1. The molecule has 1 amide bonds. The molecule has 3 heterocycles. The second kappa shape index (κ2) is 5.91. The summed E-state index contributed by atoms with van der Waals surface area (Å²) in [4.78, 5) is 11.9. The third-order valence-corrected chi connectivity index (χ3v) is 4.11. The van der Waals surface area contributed by atoms with Gasteiger partial charge in [-0.1, -0.05) is 0 Å². The molecule has 20 heavy (non-hydrogen) atoms. The fraction of sp³-hybridized carbons (Fsp3) is 0.786. The molecule has 1 aromatic heterocycles. The summed E-state index contributed by atoms with van der Waals surface area (Å²) in [6, 6.07) is 0. The Bertz CT molecular complexity index is 486. The summed E-state index contributed by atoms with van der Waals surface area (Å²) in [5, 5.41) is 11.4. The number of nitrogens with one attached hydrogen (secondary N) is 1. The number of aromatic nitrogens is 3. The van der Waals surface area contributed by atoms with Gasteiger partial charge >= 0.3 is 0 Å². The van der Waals surface area contributed by atoms with Crippen LogP contribution >= 0.6 is 0 Å². The van der Waals surface area contributed by atoms with Crippen LogP contribution in [0, 0.1) is 0 Å². The van der Waals surface area contributed by atoms with Crippen LogP contribution in [0.3, 0.4) is 0 Å². The largest absolute Gasteiger partial charge is 0.365 e. The van der Waals surface area contributed by atoms with E-state index in [9.17, 15) is 4.79 Å². The van der Waals surface area contributed by atoms with Crippen LogP contribution < -0.4 is 5.32 Å². The Hall–Kier alpha value is -1.43. The molecule has 2 aliphatic heterocycles. The van der Waals surface area contributed by atoms with Gasteiger partial charge in [-0.15, -0.1) is 10.2 Å². The van der Waals surface area contributed by atoms with Crippen LogP contribution in [0.4, 0.5) is 0 Å². The zero-order valence-electron chi connectivity index (χ0n) is 12.0. The molecule has 0 bridgehead atoms. The molecule has 1 aromatic rings. The van der Waals surface area contributed by atoms with Gasteiger partial charge in [-0.3, -0.25) is 4.79 Å². The molecule has 0 aliphatic carbocycles. The first kappa shape index (κ1) is 13.5. The molecule has 0 aromatic carbocycles. The normalized spacial score (nSPS) is 25.4. The smallest absolute Gasteiger partial charge is 0.249 e. The average molecular weight is 278 g/mol. The van der Waals surface area contributed by atoms with Gasteiger partial charge in [0, 0.05) is 25.9 Å². The Morgan fingerprint density at radius 3 is 3.10 bits per heavy atom. The van der Waals surface area contributed by atoms with Crippen molar-refractivity contribution in [3.05, 3.63) is 11.6 Å². The molecule has 0 unspecified atom stereocenters. The summed E-state index contributed by atoms with van der Waals surface area (Å²) in [6.07, 6.45) is 5.88. The van der Waals surface area contributed by atoms with Crippen LogP contribution in [0.5, 0.6) is 0 Å². The molecule has 3 rings (SSSR count). The van der Waals surface area contributed by atoms with Crippen LogP contribution in [-0.4, -0.2) is 39.4 Å². The van der Waals surface area contributed by atoms with Gasteiger partial charge in [0.2, 0.25) is 5.91 Å². The number of hydrogen-bond acceptors (Lipinski definition) is 4. The molecule has 6 nitrogen and oxygen atoms in total. The maximum Gasteiger partial charge on any atom is 0.249 e. The minimum absolute atomic E-state index is 0.00716. The second-order valence-corrected chi connectivity index (χ2v) is 5.69. The van der Waals surface area contributed by atoms with Crippen molar-refractivity contribution in [2.45, 2.75) is 64.2 Å². The molecule has 0 saturated carbocycles. The lowest BCUT2D eigenvalue weighted by atomic mass is 10.1. The number of ether oxygens (including phenoxy) is 1. The van der Waals surface area contributed by atoms with Crippen molar-refractivity contribution < 1.29 is 9.53 Å². The minimum atomic E-state index is -0.266. The molecular weight excluding hydrogens is 256 g/mol. The van der Waals surface area contributed by atoms with E-state index in [1.807, 2.05) is 6.92 Å². The minimum Gasteiger partial charge on any atom is -0.365 e. The topological polar surface area (TPSA) is 69.0 Å². The molecule has 0 spiro atoms. The highest BCUT2D eigenvalue weighted by Crippen LogP contribution is 2.19. The molecular formula is C14H22N4O2. The van der Waals surface area contributed by atoms with Gasteiger partial charge in [-0.25, -0.2) is 0 Å².